The van der Waals surface area contributed by atoms with Gasteiger partial charge in [-0.1, -0.05) is 67.0 Å². The highest BCUT2D eigenvalue weighted by atomic mass is 32.2. The van der Waals surface area contributed by atoms with Crippen molar-refractivity contribution in [2.45, 2.75) is 56.5 Å². The SMILES string of the molecule is Cc1ccc2nc(N(Cc3ccccc3)C(=O)c3ccc(S(=O)(=O)N(C)C4CCCCC4)cc3)sc2c1. The Kier molecular flexibility index (Phi) is 7.42. The fourth-order valence-corrected chi connectivity index (χ4v) is 7.34. The number of aryl methyl sites for hydroxylation is 1. The normalized spacial score (nSPS) is 14.8. The van der Waals surface area contributed by atoms with Gasteiger partial charge in [0.05, 0.1) is 21.7 Å². The van der Waals surface area contributed by atoms with Gasteiger partial charge in [0.2, 0.25) is 10.0 Å². The Balaban J connectivity index is 1.44. The highest BCUT2D eigenvalue weighted by molar-refractivity contribution is 7.89. The van der Waals surface area contributed by atoms with E-state index in [9.17, 15) is 13.2 Å². The Morgan fingerprint density at radius 1 is 0.973 bits per heavy atom. The summed E-state index contributed by atoms with van der Waals surface area (Å²) in [4.78, 5) is 20.4. The van der Waals surface area contributed by atoms with E-state index in [1.165, 1.54) is 15.6 Å². The molecule has 1 aromatic heterocycles. The molecule has 1 saturated carbocycles. The number of hydrogen-bond acceptors (Lipinski definition) is 5. The number of fused-ring (bicyclic) bond motifs is 1. The first-order valence-corrected chi connectivity index (χ1v) is 14.9. The average molecular weight is 534 g/mol. The molecule has 0 aliphatic heterocycles. The maximum Gasteiger partial charge on any atom is 0.260 e. The smallest absolute Gasteiger partial charge is 0.260 e. The summed E-state index contributed by atoms with van der Waals surface area (Å²) in [6, 6.07) is 22.2. The maximum absolute atomic E-state index is 13.8. The Bertz CT molecular complexity index is 1490. The van der Waals surface area contributed by atoms with E-state index in [2.05, 4.69) is 6.07 Å². The third kappa shape index (κ3) is 5.46. The number of aromatic nitrogens is 1. The second-order valence-corrected chi connectivity index (χ2v) is 12.7. The molecule has 192 valence electrons. The second-order valence-electron chi connectivity index (χ2n) is 9.68. The predicted octanol–water partition coefficient (Wildman–Crippen LogP) is 6.40. The summed E-state index contributed by atoms with van der Waals surface area (Å²) in [7, 11) is -1.96. The van der Waals surface area contributed by atoms with Crippen LogP contribution in [0.3, 0.4) is 0 Å². The lowest BCUT2D eigenvalue weighted by atomic mass is 9.96. The van der Waals surface area contributed by atoms with Crippen LogP contribution >= 0.6 is 11.3 Å². The second kappa shape index (κ2) is 10.7. The van der Waals surface area contributed by atoms with Gasteiger partial charge < -0.3 is 0 Å². The molecule has 3 aromatic carbocycles. The molecule has 8 heteroatoms. The molecular formula is C29H31N3O3S2. The number of amides is 1. The van der Waals surface area contributed by atoms with Gasteiger partial charge in [-0.3, -0.25) is 9.69 Å². The number of nitrogens with zero attached hydrogens (tertiary/aromatic N) is 3. The topological polar surface area (TPSA) is 70.6 Å². The van der Waals surface area contributed by atoms with Crippen LogP contribution in [0.2, 0.25) is 0 Å². The number of hydrogen-bond donors (Lipinski definition) is 0. The van der Waals surface area contributed by atoms with Crippen molar-refractivity contribution in [3.63, 3.8) is 0 Å². The molecule has 1 amide bonds. The first-order valence-electron chi connectivity index (χ1n) is 12.6. The van der Waals surface area contributed by atoms with Crippen LogP contribution < -0.4 is 4.90 Å². The fourth-order valence-electron chi connectivity index (χ4n) is 4.86. The average Bonchev–Trinajstić information content (AvgIpc) is 3.35. The molecule has 0 saturated heterocycles. The van der Waals surface area contributed by atoms with E-state index < -0.39 is 10.0 Å². The van der Waals surface area contributed by atoms with Crippen molar-refractivity contribution in [2.24, 2.45) is 0 Å². The van der Waals surface area contributed by atoms with Crippen molar-refractivity contribution >= 4 is 42.6 Å². The lowest BCUT2D eigenvalue weighted by Gasteiger charge is -2.30. The highest BCUT2D eigenvalue weighted by Crippen LogP contribution is 2.32. The van der Waals surface area contributed by atoms with Crippen molar-refractivity contribution in [1.29, 1.82) is 0 Å². The number of thiazole rings is 1. The van der Waals surface area contributed by atoms with Crippen molar-refractivity contribution < 1.29 is 13.2 Å². The van der Waals surface area contributed by atoms with E-state index in [1.807, 2.05) is 49.4 Å². The third-order valence-electron chi connectivity index (χ3n) is 7.06. The summed E-state index contributed by atoms with van der Waals surface area (Å²) >= 11 is 1.48. The van der Waals surface area contributed by atoms with Crippen molar-refractivity contribution in [3.05, 3.63) is 89.5 Å². The zero-order chi connectivity index (χ0) is 26.0. The van der Waals surface area contributed by atoms with Gasteiger partial charge in [-0.05, 0) is 67.3 Å². The summed E-state index contributed by atoms with van der Waals surface area (Å²) in [5.41, 5.74) is 3.40. The minimum atomic E-state index is -3.63. The molecule has 4 aromatic rings. The molecule has 6 nitrogen and oxygen atoms in total. The fraction of sp³-hybridized carbons (Fsp3) is 0.310. The van der Waals surface area contributed by atoms with Gasteiger partial charge >= 0.3 is 0 Å². The van der Waals surface area contributed by atoms with Crippen LogP contribution in [-0.4, -0.2) is 36.7 Å². The van der Waals surface area contributed by atoms with Gasteiger partial charge in [0, 0.05) is 18.7 Å². The number of sulfonamides is 1. The van der Waals surface area contributed by atoms with Crippen molar-refractivity contribution in [1.82, 2.24) is 9.29 Å². The van der Waals surface area contributed by atoms with E-state index in [-0.39, 0.29) is 16.8 Å². The Hall–Kier alpha value is -3.07. The number of anilines is 1. The van der Waals surface area contributed by atoms with Crippen molar-refractivity contribution in [3.8, 4) is 0 Å². The van der Waals surface area contributed by atoms with Gasteiger partial charge in [-0.25, -0.2) is 13.4 Å². The molecule has 5 rings (SSSR count). The first kappa shape index (κ1) is 25.6. The standard InChI is InChI=1S/C29H31N3O3S2/c1-21-13-18-26-27(19-21)36-29(30-26)32(20-22-9-5-3-6-10-22)28(33)23-14-16-25(17-15-23)37(34,35)31(2)24-11-7-4-8-12-24/h3,5-6,9-10,13-19,24H,4,7-8,11-12,20H2,1-2H3. The van der Waals surface area contributed by atoms with Gasteiger partial charge in [0.25, 0.3) is 5.91 Å². The molecule has 37 heavy (non-hydrogen) atoms. The van der Waals surface area contributed by atoms with E-state index in [0.717, 1.165) is 53.4 Å². The summed E-state index contributed by atoms with van der Waals surface area (Å²) in [5, 5.41) is 0.614. The largest absolute Gasteiger partial charge is 0.279 e. The van der Waals surface area contributed by atoms with E-state index >= 15 is 0 Å². The molecular weight excluding hydrogens is 502 g/mol. The van der Waals surface area contributed by atoms with Crippen molar-refractivity contribution in [2.75, 3.05) is 11.9 Å². The minimum Gasteiger partial charge on any atom is -0.279 e. The van der Waals surface area contributed by atoms with Crippen LogP contribution in [0.1, 0.15) is 53.6 Å². The molecule has 0 spiro atoms. The molecule has 0 radical (unpaired) electrons. The van der Waals surface area contributed by atoms with Crippen LogP contribution in [0.4, 0.5) is 5.13 Å². The summed E-state index contributed by atoms with van der Waals surface area (Å²) in [6.45, 7) is 2.40. The summed E-state index contributed by atoms with van der Waals surface area (Å²) < 4.78 is 29.0. The quantitative estimate of drug-likeness (QED) is 0.275. The monoisotopic (exact) mass is 533 g/mol. The molecule has 0 bridgehead atoms. The van der Waals surface area contributed by atoms with Crippen LogP contribution in [0, 0.1) is 6.92 Å². The molecule has 1 fully saturated rings. The summed E-state index contributed by atoms with van der Waals surface area (Å²) in [5.74, 6) is -0.218. The number of carbonyl (C=O) groups is 1. The van der Waals surface area contributed by atoms with Gasteiger partial charge in [-0.2, -0.15) is 4.31 Å². The minimum absolute atomic E-state index is 0.0316. The summed E-state index contributed by atoms with van der Waals surface area (Å²) in [6.07, 6.45) is 5.06. The Morgan fingerprint density at radius 3 is 2.38 bits per heavy atom. The number of benzene rings is 3. The molecule has 0 atom stereocenters. The Labute approximate surface area is 222 Å². The maximum atomic E-state index is 13.8. The highest BCUT2D eigenvalue weighted by Gasteiger charge is 2.29. The molecule has 1 heterocycles. The molecule has 0 N–H and O–H groups in total. The molecule has 1 aliphatic carbocycles. The Morgan fingerprint density at radius 2 is 1.68 bits per heavy atom. The van der Waals surface area contributed by atoms with Crippen LogP contribution in [0.5, 0.6) is 0 Å². The predicted molar refractivity (Wildman–Crippen MR) is 150 cm³/mol. The first-order chi connectivity index (χ1) is 17.8. The lowest BCUT2D eigenvalue weighted by Crippen LogP contribution is -2.38. The number of rotatable bonds is 7. The van der Waals surface area contributed by atoms with Crippen LogP contribution in [0.15, 0.2) is 77.7 Å². The molecule has 1 aliphatic rings. The van der Waals surface area contributed by atoms with E-state index in [4.69, 9.17) is 4.98 Å². The zero-order valence-electron chi connectivity index (χ0n) is 21.1. The molecule has 0 unspecified atom stereocenters. The van der Waals surface area contributed by atoms with Gasteiger partial charge in [0.1, 0.15) is 0 Å². The van der Waals surface area contributed by atoms with Gasteiger partial charge in [0.15, 0.2) is 5.13 Å². The van der Waals surface area contributed by atoms with E-state index in [1.54, 1.807) is 36.2 Å². The number of carbonyl (C=O) groups excluding carboxylic acids is 1. The zero-order valence-corrected chi connectivity index (χ0v) is 22.8. The lowest BCUT2D eigenvalue weighted by molar-refractivity contribution is 0.0985. The van der Waals surface area contributed by atoms with Crippen LogP contribution in [-0.2, 0) is 16.6 Å². The third-order valence-corrected chi connectivity index (χ3v) is 10.0. The van der Waals surface area contributed by atoms with E-state index in [0.29, 0.717) is 17.2 Å². The van der Waals surface area contributed by atoms with Gasteiger partial charge in [-0.15, -0.1) is 0 Å². The van der Waals surface area contributed by atoms with Crippen LogP contribution in [0.25, 0.3) is 10.2 Å².